The van der Waals surface area contributed by atoms with Gasteiger partial charge in [-0.05, 0) is 41.0 Å². The first-order chi connectivity index (χ1) is 7.79. The fraction of sp³-hybridized carbons (Fsp3) is 0.643. The van der Waals surface area contributed by atoms with Crippen molar-refractivity contribution in [2.45, 2.75) is 59.7 Å². The molecule has 0 aliphatic rings. The van der Waals surface area contributed by atoms with Crippen LogP contribution in [0.3, 0.4) is 0 Å². The summed E-state index contributed by atoms with van der Waals surface area (Å²) in [5, 5.41) is 7.91. The number of allylic oxidation sites excluding steroid dienone is 1. The normalized spacial score (nSPS) is 11.8. The zero-order valence-corrected chi connectivity index (χ0v) is 11.8. The van der Waals surface area contributed by atoms with Gasteiger partial charge in [0.1, 0.15) is 0 Å². The lowest BCUT2D eigenvalue weighted by Gasteiger charge is -2.20. The van der Waals surface area contributed by atoms with Crippen LogP contribution >= 0.6 is 0 Å². The second kappa shape index (κ2) is 5.50. The van der Waals surface area contributed by atoms with E-state index in [1.807, 2.05) is 6.20 Å². The molecule has 3 heteroatoms. The van der Waals surface area contributed by atoms with Crippen LogP contribution in [0.15, 0.2) is 18.3 Å². The van der Waals surface area contributed by atoms with Crippen molar-refractivity contribution in [2.24, 2.45) is 0 Å². The Morgan fingerprint density at radius 2 is 2.12 bits per heavy atom. The Labute approximate surface area is 105 Å². The maximum Gasteiger partial charge on any atom is 0.0537 e. The minimum Gasteiger partial charge on any atom is -0.308 e. The Kier molecular flexibility index (Phi) is 4.52. The predicted octanol–water partition coefficient (Wildman–Crippen LogP) is 3.05. The first kappa shape index (κ1) is 14.0. The smallest absolute Gasteiger partial charge is 0.0537 e. The lowest BCUT2D eigenvalue weighted by molar-refractivity contribution is 0.423. The van der Waals surface area contributed by atoms with Crippen LogP contribution in [0.1, 0.15) is 45.4 Å². The van der Waals surface area contributed by atoms with Gasteiger partial charge in [0, 0.05) is 29.9 Å². The molecule has 1 aromatic rings. The summed E-state index contributed by atoms with van der Waals surface area (Å²) in [4.78, 5) is 0. The Hall–Kier alpha value is -1.09. The summed E-state index contributed by atoms with van der Waals surface area (Å²) >= 11 is 0. The number of aromatic nitrogens is 2. The summed E-state index contributed by atoms with van der Waals surface area (Å²) in [6, 6.07) is 0. The van der Waals surface area contributed by atoms with Gasteiger partial charge in [-0.25, -0.2) is 0 Å². The van der Waals surface area contributed by atoms with Gasteiger partial charge in [-0.15, -0.1) is 6.58 Å². The lowest BCUT2D eigenvalue weighted by atomic mass is 10.1. The van der Waals surface area contributed by atoms with Gasteiger partial charge in [0.2, 0.25) is 0 Å². The number of hydrogen-bond acceptors (Lipinski definition) is 2. The van der Waals surface area contributed by atoms with E-state index in [1.165, 1.54) is 16.8 Å². The van der Waals surface area contributed by atoms with Gasteiger partial charge >= 0.3 is 0 Å². The number of nitrogens with one attached hydrogen (secondary N) is 1. The molecule has 1 aromatic heterocycles. The van der Waals surface area contributed by atoms with Crippen molar-refractivity contribution in [1.82, 2.24) is 15.1 Å². The van der Waals surface area contributed by atoms with Gasteiger partial charge in [0.25, 0.3) is 0 Å². The van der Waals surface area contributed by atoms with E-state index in [-0.39, 0.29) is 5.54 Å². The van der Waals surface area contributed by atoms with Crippen molar-refractivity contribution >= 4 is 0 Å². The summed E-state index contributed by atoms with van der Waals surface area (Å²) in [7, 11) is 0. The molecule has 0 aromatic carbocycles. The number of nitrogens with zero attached hydrogens (tertiary/aromatic N) is 2. The standard InChI is InChI=1S/C14H25N3/c1-11(2)7-8-17-12(3)13(10-16-17)9-15-14(4,5)6/h10,15H,1,7-9H2,2-6H3. The molecule has 0 saturated heterocycles. The fourth-order valence-electron chi connectivity index (χ4n) is 1.54. The molecule has 0 aliphatic carbocycles. The molecule has 3 nitrogen and oxygen atoms in total. The first-order valence-electron chi connectivity index (χ1n) is 6.20. The van der Waals surface area contributed by atoms with Crippen molar-refractivity contribution in [3.63, 3.8) is 0 Å². The van der Waals surface area contributed by atoms with Crippen molar-refractivity contribution in [2.75, 3.05) is 0 Å². The monoisotopic (exact) mass is 235 g/mol. The van der Waals surface area contributed by atoms with E-state index in [2.05, 4.69) is 56.3 Å². The van der Waals surface area contributed by atoms with Crippen LogP contribution < -0.4 is 5.32 Å². The van der Waals surface area contributed by atoms with Crippen molar-refractivity contribution in [3.05, 3.63) is 29.6 Å². The Balaban J connectivity index is 2.61. The maximum atomic E-state index is 4.42. The van der Waals surface area contributed by atoms with Crippen LogP contribution in [0, 0.1) is 6.92 Å². The summed E-state index contributed by atoms with van der Waals surface area (Å²) in [5.41, 5.74) is 3.88. The van der Waals surface area contributed by atoms with Gasteiger partial charge in [0.05, 0.1) is 6.20 Å². The van der Waals surface area contributed by atoms with E-state index in [9.17, 15) is 0 Å². The molecular formula is C14H25N3. The Morgan fingerprint density at radius 1 is 1.47 bits per heavy atom. The number of rotatable bonds is 5. The summed E-state index contributed by atoms with van der Waals surface area (Å²) < 4.78 is 2.06. The van der Waals surface area contributed by atoms with Gasteiger partial charge in [-0.3, -0.25) is 4.68 Å². The molecule has 0 bridgehead atoms. The van der Waals surface area contributed by atoms with Crippen LogP contribution in [-0.4, -0.2) is 15.3 Å². The van der Waals surface area contributed by atoms with Crippen LogP contribution in [0.2, 0.25) is 0 Å². The van der Waals surface area contributed by atoms with Crippen LogP contribution in [-0.2, 0) is 13.1 Å². The molecule has 1 rings (SSSR count). The quantitative estimate of drug-likeness (QED) is 0.795. The molecule has 1 N–H and O–H groups in total. The highest BCUT2D eigenvalue weighted by Crippen LogP contribution is 2.11. The number of aryl methyl sites for hydroxylation is 1. The summed E-state index contributed by atoms with van der Waals surface area (Å²) in [5.74, 6) is 0. The molecule has 0 fully saturated rings. The molecule has 0 unspecified atom stereocenters. The first-order valence-corrected chi connectivity index (χ1v) is 6.20. The predicted molar refractivity (Wildman–Crippen MR) is 73.0 cm³/mol. The van der Waals surface area contributed by atoms with Crippen molar-refractivity contribution in [3.8, 4) is 0 Å². The van der Waals surface area contributed by atoms with Gasteiger partial charge in [0.15, 0.2) is 0 Å². The molecule has 0 radical (unpaired) electrons. The van der Waals surface area contributed by atoms with E-state index in [0.29, 0.717) is 0 Å². The molecule has 0 amide bonds. The highest BCUT2D eigenvalue weighted by molar-refractivity contribution is 5.16. The fourth-order valence-corrected chi connectivity index (χ4v) is 1.54. The molecule has 0 spiro atoms. The van der Waals surface area contributed by atoms with E-state index >= 15 is 0 Å². The zero-order valence-electron chi connectivity index (χ0n) is 11.8. The SMILES string of the molecule is C=C(C)CCn1ncc(CNC(C)(C)C)c1C. The summed E-state index contributed by atoms with van der Waals surface area (Å²) in [6.45, 7) is 16.4. The molecule has 1 heterocycles. The van der Waals surface area contributed by atoms with Gasteiger partial charge in [-0.2, -0.15) is 5.10 Å². The molecule has 0 aliphatic heterocycles. The van der Waals surface area contributed by atoms with Gasteiger partial charge < -0.3 is 5.32 Å². The summed E-state index contributed by atoms with van der Waals surface area (Å²) in [6.07, 6.45) is 2.96. The molecule has 96 valence electrons. The van der Waals surface area contributed by atoms with E-state index in [0.717, 1.165) is 19.5 Å². The van der Waals surface area contributed by atoms with E-state index in [1.54, 1.807) is 0 Å². The molecule has 0 saturated carbocycles. The van der Waals surface area contributed by atoms with E-state index < -0.39 is 0 Å². The molecule has 0 atom stereocenters. The third-order valence-corrected chi connectivity index (χ3v) is 2.76. The maximum absolute atomic E-state index is 4.42. The third kappa shape index (κ3) is 4.73. The van der Waals surface area contributed by atoms with Crippen LogP contribution in [0.4, 0.5) is 0 Å². The third-order valence-electron chi connectivity index (χ3n) is 2.76. The van der Waals surface area contributed by atoms with Crippen molar-refractivity contribution in [1.29, 1.82) is 0 Å². The van der Waals surface area contributed by atoms with Gasteiger partial charge in [-0.1, -0.05) is 5.57 Å². The largest absolute Gasteiger partial charge is 0.308 e. The molecular weight excluding hydrogens is 210 g/mol. The highest BCUT2D eigenvalue weighted by Gasteiger charge is 2.11. The highest BCUT2D eigenvalue weighted by atomic mass is 15.3. The Morgan fingerprint density at radius 3 is 2.65 bits per heavy atom. The zero-order chi connectivity index (χ0) is 13.1. The average molecular weight is 235 g/mol. The lowest BCUT2D eigenvalue weighted by Crippen LogP contribution is -2.35. The average Bonchev–Trinajstić information content (AvgIpc) is 2.52. The second-order valence-corrected chi connectivity index (χ2v) is 5.79. The minimum atomic E-state index is 0.145. The minimum absolute atomic E-state index is 0.145. The van der Waals surface area contributed by atoms with Crippen molar-refractivity contribution < 1.29 is 0 Å². The van der Waals surface area contributed by atoms with E-state index in [4.69, 9.17) is 0 Å². The molecule has 17 heavy (non-hydrogen) atoms. The van der Waals surface area contributed by atoms with Crippen LogP contribution in [0.25, 0.3) is 0 Å². The number of hydrogen-bond donors (Lipinski definition) is 1. The van der Waals surface area contributed by atoms with Crippen LogP contribution in [0.5, 0.6) is 0 Å². The second-order valence-electron chi connectivity index (χ2n) is 5.79. The topological polar surface area (TPSA) is 29.9 Å². The Bertz CT molecular complexity index is 383.